The summed E-state index contributed by atoms with van der Waals surface area (Å²) in [6.07, 6.45) is 4.08. The van der Waals surface area contributed by atoms with E-state index in [1.54, 1.807) is 13.3 Å². The van der Waals surface area contributed by atoms with Gasteiger partial charge in [-0.3, -0.25) is 0 Å². The molecule has 0 aliphatic carbocycles. The first-order valence-corrected chi connectivity index (χ1v) is 5.76. The summed E-state index contributed by atoms with van der Waals surface area (Å²) in [4.78, 5) is 6.58. The minimum absolute atomic E-state index is 0.650. The first-order valence-electron chi connectivity index (χ1n) is 5.76. The van der Waals surface area contributed by atoms with Crippen LogP contribution in [-0.4, -0.2) is 31.7 Å². The Hall–Kier alpha value is -1.29. The molecule has 1 aromatic heterocycles. The predicted octanol–water partition coefficient (Wildman–Crippen LogP) is 1.66. The SMILES string of the molecule is CCCCN(CCN)c1ccc(OC)cn1. The van der Waals surface area contributed by atoms with Crippen molar-refractivity contribution < 1.29 is 4.74 Å². The number of nitrogens with two attached hydrogens (primary N) is 1. The van der Waals surface area contributed by atoms with Gasteiger partial charge >= 0.3 is 0 Å². The summed E-state index contributed by atoms with van der Waals surface area (Å²) in [6.45, 7) is 4.69. The van der Waals surface area contributed by atoms with Gasteiger partial charge in [-0.05, 0) is 18.6 Å². The van der Waals surface area contributed by atoms with Crippen molar-refractivity contribution in [3.63, 3.8) is 0 Å². The van der Waals surface area contributed by atoms with Gasteiger partial charge in [-0.25, -0.2) is 4.98 Å². The monoisotopic (exact) mass is 223 g/mol. The summed E-state index contributed by atoms with van der Waals surface area (Å²) in [5.41, 5.74) is 5.60. The summed E-state index contributed by atoms with van der Waals surface area (Å²) < 4.78 is 5.08. The zero-order valence-corrected chi connectivity index (χ0v) is 10.1. The van der Waals surface area contributed by atoms with E-state index in [4.69, 9.17) is 10.5 Å². The van der Waals surface area contributed by atoms with E-state index in [1.807, 2.05) is 12.1 Å². The summed E-state index contributed by atoms with van der Waals surface area (Å²) in [5, 5.41) is 0. The smallest absolute Gasteiger partial charge is 0.137 e. The number of methoxy groups -OCH3 is 1. The molecule has 0 spiro atoms. The third kappa shape index (κ3) is 3.70. The number of rotatable bonds is 7. The predicted molar refractivity (Wildman–Crippen MR) is 67.0 cm³/mol. The maximum atomic E-state index is 5.60. The van der Waals surface area contributed by atoms with E-state index in [-0.39, 0.29) is 0 Å². The van der Waals surface area contributed by atoms with Crippen LogP contribution in [0, 0.1) is 0 Å². The molecule has 16 heavy (non-hydrogen) atoms. The Morgan fingerprint density at radius 1 is 1.38 bits per heavy atom. The largest absolute Gasteiger partial charge is 0.495 e. The lowest BCUT2D eigenvalue weighted by atomic mass is 10.3. The fourth-order valence-corrected chi connectivity index (χ4v) is 1.53. The van der Waals surface area contributed by atoms with E-state index in [0.717, 1.165) is 31.1 Å². The van der Waals surface area contributed by atoms with E-state index >= 15 is 0 Å². The molecule has 1 heterocycles. The number of pyridine rings is 1. The zero-order chi connectivity index (χ0) is 11.8. The zero-order valence-electron chi connectivity index (χ0n) is 10.1. The Bertz CT molecular complexity index is 287. The van der Waals surface area contributed by atoms with Crippen LogP contribution in [0.3, 0.4) is 0 Å². The Labute approximate surface area is 97.4 Å². The van der Waals surface area contributed by atoms with Crippen molar-refractivity contribution in [2.45, 2.75) is 19.8 Å². The van der Waals surface area contributed by atoms with Crippen molar-refractivity contribution in [2.24, 2.45) is 5.73 Å². The molecule has 0 radical (unpaired) electrons. The van der Waals surface area contributed by atoms with Gasteiger partial charge < -0.3 is 15.4 Å². The minimum atomic E-state index is 0.650. The lowest BCUT2D eigenvalue weighted by Gasteiger charge is -2.22. The highest BCUT2D eigenvalue weighted by atomic mass is 16.5. The second-order valence-corrected chi connectivity index (χ2v) is 3.69. The van der Waals surface area contributed by atoms with Crippen LogP contribution in [0.15, 0.2) is 18.3 Å². The van der Waals surface area contributed by atoms with E-state index in [1.165, 1.54) is 6.42 Å². The fourth-order valence-electron chi connectivity index (χ4n) is 1.53. The molecular formula is C12H21N3O. The Kier molecular flexibility index (Phi) is 5.64. The van der Waals surface area contributed by atoms with Crippen LogP contribution in [0.1, 0.15) is 19.8 Å². The van der Waals surface area contributed by atoms with E-state index < -0.39 is 0 Å². The normalized spacial score (nSPS) is 10.2. The maximum absolute atomic E-state index is 5.60. The molecular weight excluding hydrogens is 202 g/mol. The first-order chi connectivity index (χ1) is 7.81. The third-order valence-electron chi connectivity index (χ3n) is 2.46. The molecule has 0 saturated carbocycles. The molecule has 0 amide bonds. The molecule has 0 saturated heterocycles. The molecule has 4 heteroatoms. The van der Waals surface area contributed by atoms with Gasteiger partial charge in [0.2, 0.25) is 0 Å². The van der Waals surface area contributed by atoms with E-state index in [0.29, 0.717) is 6.54 Å². The van der Waals surface area contributed by atoms with Crippen LogP contribution in [0.5, 0.6) is 5.75 Å². The summed E-state index contributed by atoms with van der Waals surface area (Å²) in [6, 6.07) is 3.90. The van der Waals surface area contributed by atoms with Gasteiger partial charge in [0.1, 0.15) is 11.6 Å². The number of hydrogen-bond acceptors (Lipinski definition) is 4. The molecule has 90 valence electrons. The molecule has 0 unspecified atom stereocenters. The number of ether oxygens (including phenoxy) is 1. The van der Waals surface area contributed by atoms with E-state index in [2.05, 4.69) is 16.8 Å². The minimum Gasteiger partial charge on any atom is -0.495 e. The lowest BCUT2D eigenvalue weighted by molar-refractivity contribution is 0.413. The number of unbranched alkanes of at least 4 members (excludes halogenated alkanes) is 1. The molecule has 2 N–H and O–H groups in total. The van der Waals surface area contributed by atoms with Crippen molar-refractivity contribution in [2.75, 3.05) is 31.6 Å². The van der Waals surface area contributed by atoms with Crippen molar-refractivity contribution in [3.8, 4) is 5.75 Å². The average molecular weight is 223 g/mol. The summed E-state index contributed by atoms with van der Waals surface area (Å²) >= 11 is 0. The average Bonchev–Trinajstić information content (AvgIpc) is 2.35. The molecule has 1 aromatic rings. The second-order valence-electron chi connectivity index (χ2n) is 3.69. The number of anilines is 1. The summed E-state index contributed by atoms with van der Waals surface area (Å²) in [7, 11) is 1.64. The first kappa shape index (κ1) is 12.8. The van der Waals surface area contributed by atoms with Crippen LogP contribution in [0.25, 0.3) is 0 Å². The van der Waals surface area contributed by atoms with E-state index in [9.17, 15) is 0 Å². The maximum Gasteiger partial charge on any atom is 0.137 e. The standard InChI is InChI=1S/C12H21N3O/c1-3-4-8-15(9-7-13)12-6-5-11(16-2)10-14-12/h5-6,10H,3-4,7-9,13H2,1-2H3. The number of nitrogens with zero attached hydrogens (tertiary/aromatic N) is 2. The second kappa shape index (κ2) is 7.06. The molecule has 0 aliphatic rings. The number of hydrogen-bond donors (Lipinski definition) is 1. The van der Waals surface area contributed by atoms with Crippen LogP contribution in [-0.2, 0) is 0 Å². The van der Waals surface area contributed by atoms with Crippen LogP contribution in [0.2, 0.25) is 0 Å². The molecule has 0 bridgehead atoms. The molecule has 0 fully saturated rings. The third-order valence-corrected chi connectivity index (χ3v) is 2.46. The van der Waals surface area contributed by atoms with Gasteiger partial charge in [0.25, 0.3) is 0 Å². The highest BCUT2D eigenvalue weighted by molar-refractivity contribution is 5.40. The van der Waals surface area contributed by atoms with Gasteiger partial charge in [-0.15, -0.1) is 0 Å². The van der Waals surface area contributed by atoms with Gasteiger partial charge in [0.05, 0.1) is 13.3 Å². The van der Waals surface area contributed by atoms with Gasteiger partial charge in [0.15, 0.2) is 0 Å². The Morgan fingerprint density at radius 3 is 2.69 bits per heavy atom. The molecule has 0 aliphatic heterocycles. The summed E-state index contributed by atoms with van der Waals surface area (Å²) in [5.74, 6) is 1.76. The highest BCUT2D eigenvalue weighted by Crippen LogP contribution is 2.15. The molecule has 0 aromatic carbocycles. The fraction of sp³-hybridized carbons (Fsp3) is 0.583. The molecule has 1 rings (SSSR count). The lowest BCUT2D eigenvalue weighted by Crippen LogP contribution is -2.30. The van der Waals surface area contributed by atoms with Crippen LogP contribution in [0.4, 0.5) is 5.82 Å². The molecule has 4 nitrogen and oxygen atoms in total. The molecule has 0 atom stereocenters. The van der Waals surface area contributed by atoms with Crippen molar-refractivity contribution in [3.05, 3.63) is 18.3 Å². The Balaban J connectivity index is 2.67. The van der Waals surface area contributed by atoms with Crippen molar-refractivity contribution >= 4 is 5.82 Å². The quantitative estimate of drug-likeness (QED) is 0.763. The van der Waals surface area contributed by atoms with Gasteiger partial charge in [0, 0.05) is 19.6 Å². The van der Waals surface area contributed by atoms with Crippen molar-refractivity contribution in [1.82, 2.24) is 4.98 Å². The topological polar surface area (TPSA) is 51.4 Å². The van der Waals surface area contributed by atoms with Crippen LogP contribution >= 0.6 is 0 Å². The van der Waals surface area contributed by atoms with Gasteiger partial charge in [-0.2, -0.15) is 0 Å². The Morgan fingerprint density at radius 2 is 2.19 bits per heavy atom. The van der Waals surface area contributed by atoms with Crippen molar-refractivity contribution in [1.29, 1.82) is 0 Å². The van der Waals surface area contributed by atoms with Crippen LogP contribution < -0.4 is 15.4 Å². The highest BCUT2D eigenvalue weighted by Gasteiger charge is 2.06. The van der Waals surface area contributed by atoms with Gasteiger partial charge in [-0.1, -0.05) is 13.3 Å². The number of aromatic nitrogens is 1.